The molecule has 3 heterocycles. The van der Waals surface area contributed by atoms with Crippen LogP contribution in [0.3, 0.4) is 0 Å². The maximum absolute atomic E-state index is 13.1. The van der Waals surface area contributed by atoms with Gasteiger partial charge < -0.3 is 15.5 Å². The van der Waals surface area contributed by atoms with Gasteiger partial charge in [-0.05, 0) is 42.9 Å². The zero-order valence-corrected chi connectivity index (χ0v) is 20.2. The number of carbonyl (C=O) groups is 2. The lowest BCUT2D eigenvalue weighted by molar-refractivity contribution is -0.119. The second-order valence-corrected chi connectivity index (χ2v) is 10.1. The number of likely N-dealkylation sites (N-methyl/N-ethyl adjacent to an activating group) is 1. The Morgan fingerprint density at radius 1 is 1.17 bits per heavy atom. The molecule has 1 fully saturated rings. The number of rotatable bonds is 5. The first-order chi connectivity index (χ1) is 17.0. The number of nitrogens with one attached hydrogen (secondary N) is 3. The summed E-state index contributed by atoms with van der Waals surface area (Å²) >= 11 is 1.53. The van der Waals surface area contributed by atoms with Crippen LogP contribution >= 0.6 is 11.3 Å². The molecule has 2 amide bonds. The summed E-state index contributed by atoms with van der Waals surface area (Å²) < 4.78 is 0. The number of benzene rings is 2. The third-order valence-electron chi connectivity index (χ3n) is 6.53. The Bertz CT molecular complexity index is 1310. The fraction of sp³-hybridized carbons (Fsp3) is 0.308. The smallest absolute Gasteiger partial charge is 0.257 e. The minimum atomic E-state index is -0.290. The van der Waals surface area contributed by atoms with Gasteiger partial charge in [0.25, 0.3) is 5.91 Å². The maximum atomic E-state index is 13.1. The Balaban J connectivity index is 1.29. The third kappa shape index (κ3) is 5.10. The van der Waals surface area contributed by atoms with E-state index in [0.29, 0.717) is 35.0 Å². The number of carbonyl (C=O) groups excluding carboxylic acids is 2. The summed E-state index contributed by atoms with van der Waals surface area (Å²) in [4.78, 5) is 34.1. The molecule has 2 aliphatic rings. The number of anilines is 2. The van der Waals surface area contributed by atoms with Crippen LogP contribution in [0.1, 0.15) is 38.0 Å². The highest BCUT2D eigenvalue weighted by Crippen LogP contribution is 2.31. The minimum Gasteiger partial charge on any atom is -0.326 e. The quantitative estimate of drug-likeness (QED) is 0.511. The second-order valence-electron chi connectivity index (χ2n) is 9.01. The van der Waals surface area contributed by atoms with Crippen LogP contribution in [0.15, 0.2) is 48.5 Å². The second kappa shape index (κ2) is 9.96. The fourth-order valence-corrected chi connectivity index (χ4v) is 5.75. The summed E-state index contributed by atoms with van der Waals surface area (Å²) in [5, 5.41) is 18.9. The van der Waals surface area contributed by atoms with E-state index in [9.17, 15) is 9.59 Å². The standard InChI is InChI=1S/C26H26N6O2S/c1-32-9-8-22-23(15-32)35-26(30-22)31-24(33)18-6-3-5-17(11-18)20-13-28-14-21(20)25(34)29-19-7-2-4-16(10-19)12-27/h2-7,10-11,20-21,28H,8-9,13-15H2,1H3,(H,29,34)(H,30,31,33)/t20-,21+/m1/s1. The average Bonchev–Trinajstić information content (AvgIpc) is 3.51. The molecule has 2 aromatic carbocycles. The number of thiazole rings is 1. The van der Waals surface area contributed by atoms with Crippen LogP contribution in [0.25, 0.3) is 0 Å². The summed E-state index contributed by atoms with van der Waals surface area (Å²) in [5.74, 6) is -0.666. The first kappa shape index (κ1) is 23.2. The molecule has 5 rings (SSSR count). The molecule has 178 valence electrons. The van der Waals surface area contributed by atoms with Gasteiger partial charge in [0.2, 0.25) is 5.91 Å². The van der Waals surface area contributed by atoms with Gasteiger partial charge in [-0.25, -0.2) is 4.98 Å². The van der Waals surface area contributed by atoms with E-state index in [1.54, 1.807) is 30.3 Å². The Labute approximate surface area is 208 Å². The Kier molecular flexibility index (Phi) is 6.59. The van der Waals surface area contributed by atoms with Crippen molar-refractivity contribution < 1.29 is 9.59 Å². The van der Waals surface area contributed by atoms with E-state index in [-0.39, 0.29) is 23.7 Å². The van der Waals surface area contributed by atoms with Gasteiger partial charge in [0.1, 0.15) is 0 Å². The number of fused-ring (bicyclic) bond motifs is 1. The van der Waals surface area contributed by atoms with E-state index >= 15 is 0 Å². The van der Waals surface area contributed by atoms with Crippen molar-refractivity contribution in [1.29, 1.82) is 5.26 Å². The first-order valence-electron chi connectivity index (χ1n) is 11.6. The van der Waals surface area contributed by atoms with E-state index in [1.165, 1.54) is 16.2 Å². The summed E-state index contributed by atoms with van der Waals surface area (Å²) in [6, 6.07) is 16.4. The van der Waals surface area contributed by atoms with Gasteiger partial charge in [-0.2, -0.15) is 5.26 Å². The van der Waals surface area contributed by atoms with Crippen LogP contribution in [0.4, 0.5) is 10.8 Å². The van der Waals surface area contributed by atoms with Crippen LogP contribution in [-0.4, -0.2) is 48.4 Å². The van der Waals surface area contributed by atoms with E-state index in [4.69, 9.17) is 5.26 Å². The lowest BCUT2D eigenvalue weighted by Crippen LogP contribution is -2.28. The number of nitrogens with zero attached hydrogens (tertiary/aromatic N) is 3. The summed E-state index contributed by atoms with van der Waals surface area (Å²) in [6.45, 7) is 3.02. The van der Waals surface area contributed by atoms with Crippen molar-refractivity contribution in [3.8, 4) is 6.07 Å². The van der Waals surface area contributed by atoms with Gasteiger partial charge in [0.15, 0.2) is 5.13 Å². The lowest BCUT2D eigenvalue weighted by atomic mass is 9.87. The predicted molar refractivity (Wildman–Crippen MR) is 135 cm³/mol. The molecule has 0 unspecified atom stereocenters. The van der Waals surface area contributed by atoms with Crippen molar-refractivity contribution in [3.63, 3.8) is 0 Å². The molecule has 2 aliphatic heterocycles. The van der Waals surface area contributed by atoms with E-state index in [0.717, 1.165) is 30.8 Å². The zero-order valence-electron chi connectivity index (χ0n) is 19.4. The largest absolute Gasteiger partial charge is 0.326 e. The number of hydrogen-bond acceptors (Lipinski definition) is 7. The zero-order chi connectivity index (χ0) is 24.4. The Hall–Kier alpha value is -3.58. The number of hydrogen-bond donors (Lipinski definition) is 3. The fourth-order valence-electron chi connectivity index (χ4n) is 4.66. The van der Waals surface area contributed by atoms with E-state index < -0.39 is 0 Å². The minimum absolute atomic E-state index is 0.0652. The molecule has 0 saturated carbocycles. The molecule has 9 heteroatoms. The van der Waals surface area contributed by atoms with Gasteiger partial charge in [-0.15, -0.1) is 11.3 Å². The molecule has 0 aliphatic carbocycles. The molecular weight excluding hydrogens is 460 g/mol. The SMILES string of the molecule is CN1CCc2nc(NC(=O)c3cccc([C@H]4CNC[C@@H]4C(=O)Nc4cccc(C#N)c4)c3)sc2C1. The van der Waals surface area contributed by atoms with Crippen molar-refractivity contribution in [2.45, 2.75) is 18.9 Å². The van der Waals surface area contributed by atoms with Gasteiger partial charge >= 0.3 is 0 Å². The van der Waals surface area contributed by atoms with E-state index in [2.05, 4.69) is 39.0 Å². The molecule has 2 atom stereocenters. The molecule has 1 saturated heterocycles. The van der Waals surface area contributed by atoms with Crippen LogP contribution in [0.5, 0.6) is 0 Å². The highest BCUT2D eigenvalue weighted by Gasteiger charge is 2.34. The van der Waals surface area contributed by atoms with Crippen molar-refractivity contribution >= 4 is 34.0 Å². The van der Waals surface area contributed by atoms with Gasteiger partial charge in [0.05, 0.1) is 23.2 Å². The molecule has 3 aromatic rings. The number of nitriles is 1. The summed E-state index contributed by atoms with van der Waals surface area (Å²) in [5.41, 5.74) is 3.65. The maximum Gasteiger partial charge on any atom is 0.257 e. The lowest BCUT2D eigenvalue weighted by Gasteiger charge is -2.20. The van der Waals surface area contributed by atoms with Crippen molar-refractivity contribution in [1.82, 2.24) is 15.2 Å². The van der Waals surface area contributed by atoms with Crippen molar-refractivity contribution in [2.24, 2.45) is 5.92 Å². The molecule has 1 aromatic heterocycles. The third-order valence-corrected chi connectivity index (χ3v) is 7.53. The molecule has 0 spiro atoms. The van der Waals surface area contributed by atoms with Crippen LogP contribution in [0.2, 0.25) is 0 Å². The van der Waals surface area contributed by atoms with Gasteiger partial charge in [-0.1, -0.05) is 18.2 Å². The molecular formula is C26H26N6O2S. The number of amides is 2. The Morgan fingerprint density at radius 2 is 2.03 bits per heavy atom. The average molecular weight is 487 g/mol. The molecule has 0 bridgehead atoms. The predicted octanol–water partition coefficient (Wildman–Crippen LogP) is 3.20. The molecule has 35 heavy (non-hydrogen) atoms. The van der Waals surface area contributed by atoms with Crippen LogP contribution in [-0.2, 0) is 17.8 Å². The topological polar surface area (TPSA) is 110 Å². The van der Waals surface area contributed by atoms with E-state index in [1.807, 2.05) is 18.2 Å². The van der Waals surface area contributed by atoms with Gasteiger partial charge in [0, 0.05) is 54.6 Å². The normalized spacial score (nSPS) is 19.5. The van der Waals surface area contributed by atoms with Crippen molar-refractivity contribution in [3.05, 3.63) is 75.8 Å². The summed E-state index contributed by atoms with van der Waals surface area (Å²) in [7, 11) is 2.08. The number of aromatic nitrogens is 1. The molecule has 0 radical (unpaired) electrons. The highest BCUT2D eigenvalue weighted by molar-refractivity contribution is 7.15. The monoisotopic (exact) mass is 486 g/mol. The van der Waals surface area contributed by atoms with Gasteiger partial charge in [-0.3, -0.25) is 14.9 Å². The highest BCUT2D eigenvalue weighted by atomic mass is 32.1. The first-order valence-corrected chi connectivity index (χ1v) is 12.4. The van der Waals surface area contributed by atoms with Crippen molar-refractivity contribution in [2.75, 3.05) is 37.3 Å². The Morgan fingerprint density at radius 3 is 2.89 bits per heavy atom. The van der Waals surface area contributed by atoms with Crippen LogP contribution in [0, 0.1) is 17.2 Å². The molecule has 3 N–H and O–H groups in total. The summed E-state index contributed by atoms with van der Waals surface area (Å²) in [6.07, 6.45) is 0.895. The molecule has 8 nitrogen and oxygen atoms in total. The van der Waals surface area contributed by atoms with Crippen LogP contribution < -0.4 is 16.0 Å².